The predicted molar refractivity (Wildman–Crippen MR) is 96.3 cm³/mol. The number of benzene rings is 1. The van der Waals surface area contributed by atoms with Gasteiger partial charge < -0.3 is 4.90 Å². The third-order valence-electron chi connectivity index (χ3n) is 4.07. The molecule has 1 aliphatic rings. The number of halogens is 1. The van der Waals surface area contributed by atoms with E-state index in [1.165, 1.54) is 4.31 Å². The molecule has 0 radical (unpaired) electrons. The second-order valence-electron chi connectivity index (χ2n) is 7.14. The standard InChI is InChI=1S/C17H25ClN2O3S/c1-17(2,3)16(21)19-9-6-10-20(12-11-19)24(22,23)13-14-7-4-5-8-15(14)18/h4-5,7-8H,6,9-13H2,1-3H3. The number of nitrogens with zero attached hydrogens (tertiary/aromatic N) is 2. The quantitative estimate of drug-likeness (QED) is 0.819. The highest BCUT2D eigenvalue weighted by atomic mass is 35.5. The van der Waals surface area contributed by atoms with Crippen LogP contribution in [0.3, 0.4) is 0 Å². The molecule has 0 saturated carbocycles. The molecule has 1 amide bonds. The van der Waals surface area contributed by atoms with Gasteiger partial charge in [0.05, 0.1) is 5.75 Å². The van der Waals surface area contributed by atoms with Gasteiger partial charge in [0.1, 0.15) is 0 Å². The highest BCUT2D eigenvalue weighted by molar-refractivity contribution is 7.88. The molecular weight excluding hydrogens is 348 g/mol. The van der Waals surface area contributed by atoms with Crippen molar-refractivity contribution in [1.29, 1.82) is 0 Å². The Hall–Kier alpha value is -1.11. The van der Waals surface area contributed by atoms with Crippen LogP contribution in [0, 0.1) is 5.41 Å². The van der Waals surface area contributed by atoms with Gasteiger partial charge >= 0.3 is 0 Å². The predicted octanol–water partition coefficient (Wildman–Crippen LogP) is 2.75. The normalized spacial score (nSPS) is 17.6. The number of sulfonamides is 1. The summed E-state index contributed by atoms with van der Waals surface area (Å²) in [7, 11) is -3.46. The highest BCUT2D eigenvalue weighted by Crippen LogP contribution is 2.22. The van der Waals surface area contributed by atoms with Crippen molar-refractivity contribution in [2.75, 3.05) is 26.2 Å². The molecule has 1 aromatic carbocycles. The van der Waals surface area contributed by atoms with Crippen LogP contribution in [-0.4, -0.2) is 49.7 Å². The third kappa shape index (κ3) is 4.71. The Morgan fingerprint density at radius 1 is 1.12 bits per heavy atom. The Bertz CT molecular complexity index is 698. The molecule has 0 aromatic heterocycles. The first-order valence-corrected chi connectivity index (χ1v) is 10.1. The van der Waals surface area contributed by atoms with E-state index in [1.54, 1.807) is 29.2 Å². The molecule has 2 rings (SSSR count). The van der Waals surface area contributed by atoms with Gasteiger partial charge in [-0.15, -0.1) is 0 Å². The van der Waals surface area contributed by atoms with Crippen molar-refractivity contribution in [1.82, 2.24) is 9.21 Å². The zero-order chi connectivity index (χ0) is 18.0. The fraction of sp³-hybridized carbons (Fsp3) is 0.588. The van der Waals surface area contributed by atoms with Gasteiger partial charge in [-0.3, -0.25) is 4.79 Å². The number of hydrogen-bond donors (Lipinski definition) is 0. The summed E-state index contributed by atoms with van der Waals surface area (Å²) in [6.07, 6.45) is 0.642. The van der Waals surface area contributed by atoms with E-state index in [2.05, 4.69) is 0 Å². The van der Waals surface area contributed by atoms with E-state index < -0.39 is 15.4 Å². The van der Waals surface area contributed by atoms with Crippen LogP contribution in [0.4, 0.5) is 0 Å². The zero-order valence-electron chi connectivity index (χ0n) is 14.5. The minimum atomic E-state index is -3.46. The van der Waals surface area contributed by atoms with Crippen LogP contribution >= 0.6 is 11.6 Å². The lowest BCUT2D eigenvalue weighted by atomic mass is 9.94. The largest absolute Gasteiger partial charge is 0.341 e. The summed E-state index contributed by atoms with van der Waals surface area (Å²) in [6, 6.07) is 6.98. The van der Waals surface area contributed by atoms with Crippen molar-refractivity contribution in [2.24, 2.45) is 5.41 Å². The lowest BCUT2D eigenvalue weighted by Crippen LogP contribution is -2.42. The van der Waals surface area contributed by atoms with Crippen LogP contribution < -0.4 is 0 Å². The number of carbonyl (C=O) groups is 1. The lowest BCUT2D eigenvalue weighted by molar-refractivity contribution is -0.139. The number of hydrogen-bond acceptors (Lipinski definition) is 3. The number of amides is 1. The van der Waals surface area contributed by atoms with E-state index in [0.717, 1.165) is 0 Å². The Morgan fingerprint density at radius 2 is 1.79 bits per heavy atom. The van der Waals surface area contributed by atoms with Crippen molar-refractivity contribution >= 4 is 27.5 Å². The summed E-state index contributed by atoms with van der Waals surface area (Å²) in [5.74, 6) is -0.0484. The van der Waals surface area contributed by atoms with Crippen molar-refractivity contribution in [3.8, 4) is 0 Å². The summed E-state index contributed by atoms with van der Waals surface area (Å²) in [4.78, 5) is 14.2. The summed E-state index contributed by atoms with van der Waals surface area (Å²) in [5.41, 5.74) is 0.150. The Kier molecular flexibility index (Phi) is 5.94. The van der Waals surface area contributed by atoms with Crippen molar-refractivity contribution in [3.05, 3.63) is 34.9 Å². The highest BCUT2D eigenvalue weighted by Gasteiger charge is 2.31. The molecule has 1 aliphatic heterocycles. The molecule has 7 heteroatoms. The first-order chi connectivity index (χ1) is 11.1. The van der Waals surface area contributed by atoms with E-state index in [4.69, 9.17) is 11.6 Å². The Balaban J connectivity index is 2.07. The number of carbonyl (C=O) groups excluding carboxylic acids is 1. The van der Waals surface area contributed by atoms with Gasteiger partial charge in [0.25, 0.3) is 0 Å². The fourth-order valence-corrected chi connectivity index (χ4v) is 4.63. The number of rotatable bonds is 3. The van der Waals surface area contributed by atoms with Crippen molar-refractivity contribution in [3.63, 3.8) is 0 Å². The molecule has 0 spiro atoms. The van der Waals surface area contributed by atoms with E-state index >= 15 is 0 Å². The lowest BCUT2D eigenvalue weighted by Gasteiger charge is -2.28. The van der Waals surface area contributed by atoms with Crippen LogP contribution in [0.15, 0.2) is 24.3 Å². The van der Waals surface area contributed by atoms with Crippen LogP contribution in [0.2, 0.25) is 5.02 Å². The summed E-state index contributed by atoms with van der Waals surface area (Å²) in [6.45, 7) is 7.42. The molecule has 1 fully saturated rings. The van der Waals surface area contributed by atoms with Crippen LogP contribution in [0.1, 0.15) is 32.8 Å². The minimum Gasteiger partial charge on any atom is -0.341 e. The topological polar surface area (TPSA) is 57.7 Å². The van der Waals surface area contributed by atoms with E-state index in [1.807, 2.05) is 20.8 Å². The monoisotopic (exact) mass is 372 g/mol. The van der Waals surface area contributed by atoms with Crippen molar-refractivity contribution < 1.29 is 13.2 Å². The molecule has 0 atom stereocenters. The van der Waals surface area contributed by atoms with Crippen molar-refractivity contribution in [2.45, 2.75) is 32.9 Å². The average molecular weight is 373 g/mol. The van der Waals surface area contributed by atoms with Crippen LogP contribution in [0.5, 0.6) is 0 Å². The van der Waals surface area contributed by atoms with Crippen LogP contribution in [0.25, 0.3) is 0 Å². The van der Waals surface area contributed by atoms with Gasteiger partial charge in [-0.2, -0.15) is 4.31 Å². The van der Waals surface area contributed by atoms with E-state index in [0.29, 0.717) is 43.2 Å². The van der Waals surface area contributed by atoms with Gasteiger partial charge in [0.2, 0.25) is 15.9 Å². The molecule has 5 nitrogen and oxygen atoms in total. The van der Waals surface area contributed by atoms with Gasteiger partial charge in [0.15, 0.2) is 0 Å². The second kappa shape index (κ2) is 7.42. The zero-order valence-corrected chi connectivity index (χ0v) is 16.0. The Morgan fingerprint density at radius 3 is 2.42 bits per heavy atom. The summed E-state index contributed by atoms with van der Waals surface area (Å²) in [5, 5.41) is 0.459. The van der Waals surface area contributed by atoms with Gasteiger partial charge in [0, 0.05) is 36.6 Å². The Labute approximate surface area is 149 Å². The minimum absolute atomic E-state index is 0.0628. The first kappa shape index (κ1) is 19.2. The second-order valence-corrected chi connectivity index (χ2v) is 9.52. The molecule has 134 valence electrons. The molecule has 1 aromatic rings. The maximum absolute atomic E-state index is 12.7. The third-order valence-corrected chi connectivity index (χ3v) is 6.27. The summed E-state index contributed by atoms with van der Waals surface area (Å²) >= 11 is 6.08. The van der Waals surface area contributed by atoms with Crippen LogP contribution in [-0.2, 0) is 20.6 Å². The molecule has 0 aliphatic carbocycles. The molecule has 1 heterocycles. The van der Waals surface area contributed by atoms with Gasteiger partial charge in [-0.1, -0.05) is 50.6 Å². The molecule has 0 unspecified atom stereocenters. The summed E-state index contributed by atoms with van der Waals surface area (Å²) < 4.78 is 26.9. The fourth-order valence-electron chi connectivity index (χ4n) is 2.75. The van der Waals surface area contributed by atoms with Gasteiger partial charge in [-0.25, -0.2) is 8.42 Å². The SMILES string of the molecule is CC(C)(C)C(=O)N1CCCN(S(=O)(=O)Cc2ccccc2Cl)CC1. The molecule has 0 bridgehead atoms. The smallest absolute Gasteiger partial charge is 0.227 e. The molecule has 0 N–H and O–H groups in total. The van der Waals surface area contributed by atoms with Gasteiger partial charge in [-0.05, 0) is 18.1 Å². The molecular formula is C17H25ClN2O3S. The van der Waals surface area contributed by atoms with E-state index in [9.17, 15) is 13.2 Å². The molecule has 24 heavy (non-hydrogen) atoms. The molecule has 1 saturated heterocycles. The maximum atomic E-state index is 12.7. The average Bonchev–Trinajstić information content (AvgIpc) is 2.74. The van der Waals surface area contributed by atoms with E-state index in [-0.39, 0.29) is 11.7 Å². The maximum Gasteiger partial charge on any atom is 0.227 e. The first-order valence-electron chi connectivity index (χ1n) is 8.12.